The third kappa shape index (κ3) is 4.05. The van der Waals surface area contributed by atoms with Crippen molar-refractivity contribution in [2.75, 3.05) is 46.5 Å². The van der Waals surface area contributed by atoms with Gasteiger partial charge in [0.05, 0.1) is 18.5 Å². The van der Waals surface area contributed by atoms with Gasteiger partial charge in [0.1, 0.15) is 10.6 Å². The molecule has 8 nitrogen and oxygen atoms in total. The summed E-state index contributed by atoms with van der Waals surface area (Å²) in [5.41, 5.74) is -0.427. The second kappa shape index (κ2) is 7.81. The fraction of sp³-hybridized carbons (Fsp3) is 0.684. The summed E-state index contributed by atoms with van der Waals surface area (Å²) >= 11 is 0. The van der Waals surface area contributed by atoms with Crippen molar-refractivity contribution >= 4 is 20.0 Å². The number of piperidine rings is 1. The van der Waals surface area contributed by atoms with Gasteiger partial charge < -0.3 is 9.47 Å². The van der Waals surface area contributed by atoms with Gasteiger partial charge in [-0.2, -0.15) is 4.31 Å². The van der Waals surface area contributed by atoms with Gasteiger partial charge in [-0.3, -0.25) is 0 Å². The van der Waals surface area contributed by atoms with Crippen LogP contribution in [0.2, 0.25) is 0 Å². The standard InChI is InChI=1S/C19H28N2O6S2/c1-26-13-12-21-14-19(8-10-20(11-9-19)28(22,23)16-6-7-16)15-27-17-4-2-3-5-18(17)29(21,24)25/h2-5,16H,6-15H2,1H3. The zero-order valence-electron chi connectivity index (χ0n) is 16.6. The Bertz CT molecular complexity index is 951. The molecule has 0 aromatic heterocycles. The molecule has 1 saturated heterocycles. The first kappa shape index (κ1) is 21.0. The lowest BCUT2D eigenvalue weighted by Gasteiger charge is -2.44. The number of methoxy groups -OCH3 is 1. The number of hydrogen-bond acceptors (Lipinski definition) is 6. The Morgan fingerprint density at radius 3 is 2.55 bits per heavy atom. The molecule has 0 atom stereocenters. The van der Waals surface area contributed by atoms with Crippen LogP contribution in [0.3, 0.4) is 0 Å². The SMILES string of the molecule is COCCN1CC2(CCN(S(=O)(=O)C3CC3)CC2)COc2ccccc2S1(=O)=O. The molecule has 0 unspecified atom stereocenters. The second-order valence-electron chi connectivity index (χ2n) is 8.21. The maximum atomic E-state index is 13.3. The van der Waals surface area contributed by atoms with Gasteiger partial charge in [-0.15, -0.1) is 0 Å². The van der Waals surface area contributed by atoms with E-state index >= 15 is 0 Å². The Morgan fingerprint density at radius 2 is 1.90 bits per heavy atom. The van der Waals surface area contributed by atoms with E-state index in [1.54, 1.807) is 35.7 Å². The summed E-state index contributed by atoms with van der Waals surface area (Å²) in [6.07, 6.45) is 2.63. The van der Waals surface area contributed by atoms with Gasteiger partial charge >= 0.3 is 0 Å². The van der Waals surface area contributed by atoms with Crippen molar-refractivity contribution in [3.63, 3.8) is 0 Å². The number of rotatable bonds is 5. The van der Waals surface area contributed by atoms with E-state index in [0.717, 1.165) is 12.8 Å². The number of ether oxygens (including phenoxy) is 2. The van der Waals surface area contributed by atoms with Crippen LogP contribution in [-0.4, -0.2) is 77.2 Å². The van der Waals surface area contributed by atoms with Crippen LogP contribution >= 0.6 is 0 Å². The molecule has 162 valence electrons. The van der Waals surface area contributed by atoms with Gasteiger partial charge in [0.25, 0.3) is 0 Å². The molecule has 1 aliphatic carbocycles. The molecule has 0 bridgehead atoms. The van der Waals surface area contributed by atoms with E-state index < -0.39 is 25.5 Å². The molecule has 29 heavy (non-hydrogen) atoms. The molecule has 1 aromatic rings. The smallest absolute Gasteiger partial charge is 0.246 e. The summed E-state index contributed by atoms with van der Waals surface area (Å²) in [6.45, 7) is 2.01. The van der Waals surface area contributed by atoms with Crippen LogP contribution in [0.5, 0.6) is 5.75 Å². The number of fused-ring (bicyclic) bond motifs is 1. The Labute approximate surface area is 172 Å². The van der Waals surface area contributed by atoms with E-state index in [4.69, 9.17) is 9.47 Å². The number of sulfonamides is 2. The van der Waals surface area contributed by atoms with Crippen LogP contribution in [0.25, 0.3) is 0 Å². The quantitative estimate of drug-likeness (QED) is 0.679. The zero-order chi connectivity index (χ0) is 20.7. The zero-order valence-corrected chi connectivity index (χ0v) is 18.3. The summed E-state index contributed by atoms with van der Waals surface area (Å²) in [5.74, 6) is 0.349. The molecule has 3 aliphatic rings. The molecule has 0 radical (unpaired) electrons. The topological polar surface area (TPSA) is 93.2 Å². The van der Waals surface area contributed by atoms with Crippen LogP contribution in [-0.2, 0) is 24.8 Å². The van der Waals surface area contributed by atoms with E-state index in [0.29, 0.717) is 51.4 Å². The van der Waals surface area contributed by atoms with E-state index in [1.807, 2.05) is 0 Å². The fourth-order valence-electron chi connectivity index (χ4n) is 4.14. The van der Waals surface area contributed by atoms with Crippen molar-refractivity contribution in [3.8, 4) is 5.75 Å². The average molecular weight is 445 g/mol. The lowest BCUT2D eigenvalue weighted by molar-refractivity contribution is 0.0514. The van der Waals surface area contributed by atoms with Crippen LogP contribution in [0, 0.1) is 5.41 Å². The monoisotopic (exact) mass is 444 g/mol. The van der Waals surface area contributed by atoms with Crippen LogP contribution < -0.4 is 4.74 Å². The minimum Gasteiger partial charge on any atom is -0.492 e. The predicted octanol–water partition coefficient (Wildman–Crippen LogP) is 1.29. The van der Waals surface area contributed by atoms with Crippen molar-refractivity contribution in [2.24, 2.45) is 5.41 Å². The highest BCUT2D eigenvalue weighted by Gasteiger charge is 2.47. The molecule has 10 heteroatoms. The Morgan fingerprint density at radius 1 is 1.21 bits per heavy atom. The largest absolute Gasteiger partial charge is 0.492 e. The van der Waals surface area contributed by atoms with Crippen molar-refractivity contribution < 1.29 is 26.3 Å². The normalized spacial score (nSPS) is 25.0. The number of para-hydroxylation sites is 1. The lowest BCUT2D eigenvalue weighted by atomic mass is 9.79. The Hall–Kier alpha value is -1.20. The summed E-state index contributed by atoms with van der Waals surface area (Å²) in [6, 6.07) is 6.68. The second-order valence-corrected chi connectivity index (χ2v) is 12.3. The third-order valence-corrected chi connectivity index (χ3v) is 10.4. The molecule has 0 amide bonds. The van der Waals surface area contributed by atoms with Crippen LogP contribution in [0.4, 0.5) is 0 Å². The molecule has 1 spiro atoms. The first-order valence-electron chi connectivity index (χ1n) is 9.98. The van der Waals surface area contributed by atoms with Gasteiger partial charge in [0.15, 0.2) is 0 Å². The highest BCUT2D eigenvalue weighted by molar-refractivity contribution is 7.90. The Balaban J connectivity index is 1.61. The predicted molar refractivity (Wildman–Crippen MR) is 108 cm³/mol. The van der Waals surface area contributed by atoms with Crippen molar-refractivity contribution in [1.29, 1.82) is 0 Å². The maximum Gasteiger partial charge on any atom is 0.246 e. The van der Waals surface area contributed by atoms with Crippen LogP contribution in [0.1, 0.15) is 25.7 Å². The molecule has 1 saturated carbocycles. The van der Waals surface area contributed by atoms with E-state index in [-0.39, 0.29) is 16.7 Å². The fourth-order valence-corrected chi connectivity index (χ4v) is 7.66. The molecule has 0 N–H and O–H groups in total. The highest BCUT2D eigenvalue weighted by atomic mass is 32.2. The van der Waals surface area contributed by atoms with Gasteiger partial charge in [-0.05, 0) is 37.8 Å². The van der Waals surface area contributed by atoms with Gasteiger partial charge in [0, 0.05) is 38.7 Å². The van der Waals surface area contributed by atoms with E-state index in [9.17, 15) is 16.8 Å². The molecule has 1 aromatic carbocycles. The highest BCUT2D eigenvalue weighted by Crippen LogP contribution is 2.41. The minimum atomic E-state index is -3.74. The van der Waals surface area contributed by atoms with Gasteiger partial charge in [-0.25, -0.2) is 21.1 Å². The lowest BCUT2D eigenvalue weighted by Crippen LogP contribution is -2.53. The Kier molecular flexibility index (Phi) is 5.67. The third-order valence-electron chi connectivity index (χ3n) is 6.15. The first-order chi connectivity index (χ1) is 13.8. The molecular weight excluding hydrogens is 416 g/mol. The molecule has 2 aliphatic heterocycles. The number of nitrogens with zero attached hydrogens (tertiary/aromatic N) is 2. The number of hydrogen-bond donors (Lipinski definition) is 0. The van der Waals surface area contributed by atoms with Crippen molar-refractivity contribution in [1.82, 2.24) is 8.61 Å². The summed E-state index contributed by atoms with van der Waals surface area (Å²) in [7, 11) is -5.41. The molecule has 2 heterocycles. The molecule has 2 fully saturated rings. The molecular formula is C19H28N2O6S2. The van der Waals surface area contributed by atoms with E-state index in [2.05, 4.69) is 0 Å². The van der Waals surface area contributed by atoms with Crippen molar-refractivity contribution in [3.05, 3.63) is 24.3 Å². The van der Waals surface area contributed by atoms with Crippen molar-refractivity contribution in [2.45, 2.75) is 35.8 Å². The van der Waals surface area contributed by atoms with Gasteiger partial charge in [0.2, 0.25) is 20.0 Å². The molecule has 4 rings (SSSR count). The summed E-state index contributed by atoms with van der Waals surface area (Å²) in [4.78, 5) is 0.166. The summed E-state index contributed by atoms with van der Waals surface area (Å²) in [5, 5.41) is -0.226. The van der Waals surface area contributed by atoms with E-state index in [1.165, 1.54) is 4.31 Å². The average Bonchev–Trinajstić information content (AvgIpc) is 3.55. The maximum absolute atomic E-state index is 13.3. The minimum absolute atomic E-state index is 0.166. The summed E-state index contributed by atoms with van der Waals surface area (Å²) < 4.78 is 66.0. The first-order valence-corrected chi connectivity index (χ1v) is 12.9. The van der Waals surface area contributed by atoms with Crippen LogP contribution in [0.15, 0.2) is 29.2 Å². The van der Waals surface area contributed by atoms with Gasteiger partial charge in [-0.1, -0.05) is 12.1 Å². The number of benzene rings is 1.